The molecule has 2 aromatic heterocycles. The summed E-state index contributed by atoms with van der Waals surface area (Å²) in [5.74, 6) is -0.558. The molecule has 7 heteroatoms. The number of ether oxygens (including phenoxy) is 1. The lowest BCUT2D eigenvalue weighted by Crippen LogP contribution is -2.32. The van der Waals surface area contributed by atoms with Gasteiger partial charge in [0, 0.05) is 47.7 Å². The van der Waals surface area contributed by atoms with Gasteiger partial charge in [-0.1, -0.05) is 48.5 Å². The molecule has 4 rings (SSSR count). The van der Waals surface area contributed by atoms with Crippen molar-refractivity contribution >= 4 is 16.9 Å². The molecule has 4 aromatic rings. The van der Waals surface area contributed by atoms with Gasteiger partial charge in [-0.25, -0.2) is 4.79 Å². The number of H-pyrrole nitrogens is 1. The summed E-state index contributed by atoms with van der Waals surface area (Å²) in [5, 5.41) is 24.4. The van der Waals surface area contributed by atoms with Crippen molar-refractivity contribution in [2.24, 2.45) is 0 Å². The lowest BCUT2D eigenvalue weighted by molar-refractivity contribution is -0.145. The minimum absolute atomic E-state index is 0.107. The number of aromatic nitrogens is 2. The second kappa shape index (κ2) is 10.3. The first-order valence-corrected chi connectivity index (χ1v) is 10.9. The van der Waals surface area contributed by atoms with E-state index in [1.54, 1.807) is 48.8 Å². The van der Waals surface area contributed by atoms with Crippen LogP contribution >= 0.6 is 0 Å². The monoisotopic (exact) mass is 445 g/mol. The minimum atomic E-state index is -1.10. The van der Waals surface area contributed by atoms with Gasteiger partial charge in [-0.3, -0.25) is 4.98 Å². The Hall–Kier alpha value is -3.68. The highest BCUT2D eigenvalue weighted by molar-refractivity contribution is 5.89. The number of rotatable bonds is 10. The highest BCUT2D eigenvalue weighted by atomic mass is 16.5. The summed E-state index contributed by atoms with van der Waals surface area (Å²) in [6.07, 6.45) is 4.27. The zero-order chi connectivity index (χ0) is 23.2. The third kappa shape index (κ3) is 5.39. The van der Waals surface area contributed by atoms with Crippen LogP contribution in [0.15, 0.2) is 79.3 Å². The summed E-state index contributed by atoms with van der Waals surface area (Å²) in [6.45, 7) is 2.48. The molecule has 2 aromatic carbocycles. The van der Waals surface area contributed by atoms with Crippen molar-refractivity contribution in [1.82, 2.24) is 15.3 Å². The molecule has 4 N–H and O–H groups in total. The number of hydrogen-bond donors (Lipinski definition) is 4. The molecular formula is C26H27N3O4. The second-order valence-corrected chi connectivity index (χ2v) is 8.06. The number of aliphatic carboxylic acids is 1. The quantitative estimate of drug-likeness (QED) is 0.294. The van der Waals surface area contributed by atoms with Gasteiger partial charge in [-0.2, -0.15) is 0 Å². The molecule has 0 aliphatic rings. The molecule has 0 aliphatic heterocycles. The van der Waals surface area contributed by atoms with E-state index in [0.29, 0.717) is 17.9 Å². The average Bonchev–Trinajstić information content (AvgIpc) is 3.25. The summed E-state index contributed by atoms with van der Waals surface area (Å²) < 4.78 is 5.94. The van der Waals surface area contributed by atoms with E-state index in [9.17, 15) is 15.0 Å². The van der Waals surface area contributed by atoms with Crippen molar-refractivity contribution in [3.63, 3.8) is 0 Å². The Balaban J connectivity index is 1.46. The van der Waals surface area contributed by atoms with E-state index in [4.69, 9.17) is 4.74 Å². The maximum Gasteiger partial charge on any atom is 0.349 e. The molecule has 0 saturated carbocycles. The van der Waals surface area contributed by atoms with Gasteiger partial charge >= 0.3 is 5.97 Å². The lowest BCUT2D eigenvalue weighted by Gasteiger charge is -2.17. The van der Waals surface area contributed by atoms with Gasteiger partial charge in [0.2, 0.25) is 6.10 Å². The van der Waals surface area contributed by atoms with Crippen LogP contribution < -0.4 is 10.1 Å². The summed E-state index contributed by atoms with van der Waals surface area (Å²) in [4.78, 5) is 19.1. The lowest BCUT2D eigenvalue weighted by atomic mass is 10.0. The SMILES string of the molecule is C[C@H](Cc1c[nH]c2c(O[C@@H](C(=O)O)c3ccccc3)cccc12)NC[C@H](O)c1cccnc1. The molecule has 3 atom stereocenters. The predicted molar refractivity (Wildman–Crippen MR) is 126 cm³/mol. The Morgan fingerprint density at radius 1 is 1.09 bits per heavy atom. The summed E-state index contributed by atoms with van der Waals surface area (Å²) in [5.41, 5.74) is 3.20. The molecule has 0 bridgehead atoms. The Bertz CT molecular complexity index is 1190. The molecule has 0 saturated heterocycles. The van der Waals surface area contributed by atoms with Crippen molar-refractivity contribution in [2.75, 3.05) is 6.54 Å². The first kappa shape index (κ1) is 22.5. The fraction of sp³-hybridized carbons (Fsp3) is 0.231. The van der Waals surface area contributed by atoms with Crippen molar-refractivity contribution < 1.29 is 19.7 Å². The van der Waals surface area contributed by atoms with Crippen LogP contribution in [0, 0.1) is 0 Å². The van der Waals surface area contributed by atoms with Crippen LogP contribution in [0.2, 0.25) is 0 Å². The third-order valence-electron chi connectivity index (χ3n) is 5.59. The largest absolute Gasteiger partial charge is 0.478 e. The molecule has 0 unspecified atom stereocenters. The van der Waals surface area contributed by atoms with Crippen molar-refractivity contribution in [1.29, 1.82) is 0 Å². The number of carbonyl (C=O) groups is 1. The molecule has 0 aliphatic carbocycles. The molecule has 0 fully saturated rings. The second-order valence-electron chi connectivity index (χ2n) is 8.06. The van der Waals surface area contributed by atoms with Crippen molar-refractivity contribution in [3.05, 3.63) is 95.9 Å². The molecule has 0 radical (unpaired) electrons. The van der Waals surface area contributed by atoms with Gasteiger partial charge < -0.3 is 25.3 Å². The number of aliphatic hydroxyl groups excluding tert-OH is 1. The number of carboxylic acid groups (broad SMARTS) is 1. The highest BCUT2D eigenvalue weighted by Crippen LogP contribution is 2.31. The van der Waals surface area contributed by atoms with Gasteiger partial charge in [0.1, 0.15) is 5.75 Å². The van der Waals surface area contributed by atoms with E-state index in [1.165, 1.54) is 0 Å². The summed E-state index contributed by atoms with van der Waals surface area (Å²) in [6, 6.07) is 18.3. The normalized spacial score (nSPS) is 14.0. The fourth-order valence-corrected chi connectivity index (χ4v) is 3.87. The molecule has 2 heterocycles. The Morgan fingerprint density at radius 3 is 2.61 bits per heavy atom. The molecule has 0 spiro atoms. The zero-order valence-electron chi connectivity index (χ0n) is 18.3. The number of nitrogens with one attached hydrogen (secondary N) is 2. The topological polar surface area (TPSA) is 107 Å². The standard InChI is InChI=1S/C26H27N3O4/c1-17(28-16-22(30)19-9-6-12-27-14-19)13-20-15-29-24-21(20)10-5-11-23(24)33-25(26(31)32)18-7-3-2-4-8-18/h2-12,14-15,17,22,25,28-30H,13,16H2,1H3,(H,31,32)/t17-,22+,25-/m1/s1. The van der Waals surface area contributed by atoms with E-state index >= 15 is 0 Å². The fourth-order valence-electron chi connectivity index (χ4n) is 3.87. The van der Waals surface area contributed by atoms with Crippen molar-refractivity contribution in [2.45, 2.75) is 31.6 Å². The number of benzene rings is 2. The van der Waals surface area contributed by atoms with Crippen LogP contribution in [0.5, 0.6) is 5.75 Å². The first-order valence-electron chi connectivity index (χ1n) is 10.9. The first-order chi connectivity index (χ1) is 16.0. The number of fused-ring (bicyclic) bond motifs is 1. The van der Waals surface area contributed by atoms with Gasteiger partial charge in [-0.15, -0.1) is 0 Å². The number of carboxylic acids is 1. The Morgan fingerprint density at radius 2 is 1.88 bits per heavy atom. The van der Waals surface area contributed by atoms with E-state index < -0.39 is 18.2 Å². The molecule has 0 amide bonds. The number of nitrogens with zero attached hydrogens (tertiary/aromatic N) is 1. The highest BCUT2D eigenvalue weighted by Gasteiger charge is 2.23. The maximum atomic E-state index is 11.9. The number of pyridine rings is 1. The van der Waals surface area contributed by atoms with Gasteiger partial charge in [0.25, 0.3) is 0 Å². The van der Waals surface area contributed by atoms with Crippen LogP contribution in [-0.2, 0) is 11.2 Å². The average molecular weight is 446 g/mol. The van der Waals surface area contributed by atoms with Gasteiger partial charge in [0.05, 0.1) is 11.6 Å². The molecule has 170 valence electrons. The molecule has 33 heavy (non-hydrogen) atoms. The number of aromatic amines is 1. The Labute approximate surface area is 192 Å². The van der Waals surface area contributed by atoms with Crippen LogP contribution in [0.1, 0.15) is 35.8 Å². The molecule has 7 nitrogen and oxygen atoms in total. The van der Waals surface area contributed by atoms with Gasteiger partial charge in [0.15, 0.2) is 0 Å². The smallest absolute Gasteiger partial charge is 0.349 e. The van der Waals surface area contributed by atoms with E-state index in [2.05, 4.69) is 22.2 Å². The minimum Gasteiger partial charge on any atom is -0.478 e. The van der Waals surface area contributed by atoms with Crippen LogP contribution in [-0.4, -0.2) is 38.7 Å². The number of hydrogen-bond acceptors (Lipinski definition) is 5. The zero-order valence-corrected chi connectivity index (χ0v) is 18.3. The van der Waals surface area contributed by atoms with Crippen LogP contribution in [0.25, 0.3) is 10.9 Å². The maximum absolute atomic E-state index is 11.9. The third-order valence-corrected chi connectivity index (χ3v) is 5.59. The predicted octanol–water partition coefficient (Wildman–Crippen LogP) is 4.02. The molecular weight excluding hydrogens is 418 g/mol. The van der Waals surface area contributed by atoms with Crippen molar-refractivity contribution in [3.8, 4) is 5.75 Å². The van der Waals surface area contributed by atoms with E-state index in [-0.39, 0.29) is 6.04 Å². The number of aliphatic hydroxyl groups is 1. The van der Waals surface area contributed by atoms with Crippen LogP contribution in [0.4, 0.5) is 0 Å². The summed E-state index contributed by atoms with van der Waals surface area (Å²) >= 11 is 0. The van der Waals surface area contributed by atoms with Gasteiger partial charge in [-0.05, 0) is 31.0 Å². The Kier molecular flexibility index (Phi) is 7.02. The van der Waals surface area contributed by atoms with Crippen LogP contribution in [0.3, 0.4) is 0 Å². The summed E-state index contributed by atoms with van der Waals surface area (Å²) in [7, 11) is 0. The van der Waals surface area contributed by atoms with E-state index in [0.717, 1.165) is 28.5 Å². The number of para-hydroxylation sites is 1. The van der Waals surface area contributed by atoms with E-state index in [1.807, 2.05) is 30.5 Å².